The molecule has 4 nitrogen and oxygen atoms in total. The maximum Gasteiger partial charge on any atom is 0.232 e. The Balaban J connectivity index is 3.04. The van der Waals surface area contributed by atoms with Crippen molar-refractivity contribution in [3.05, 3.63) is 23.3 Å². The lowest BCUT2D eigenvalue weighted by atomic mass is 10.1. The average Bonchev–Trinajstić information content (AvgIpc) is 2.29. The molecule has 1 aromatic rings. The minimum absolute atomic E-state index is 0.139. The Morgan fingerprint density at radius 2 is 1.94 bits per heavy atom. The predicted molar refractivity (Wildman–Crippen MR) is 74.8 cm³/mol. The third-order valence-corrected chi connectivity index (χ3v) is 4.03. The van der Waals surface area contributed by atoms with Crippen molar-refractivity contribution >= 4 is 15.7 Å². The second-order valence-corrected chi connectivity index (χ2v) is 6.28. The van der Waals surface area contributed by atoms with E-state index in [9.17, 15) is 8.42 Å². The SMILES string of the molecule is CCCCS(=O)(=O)Nc1c(C)cc(C)cc1OC. The molecule has 0 atom stereocenters. The van der Waals surface area contributed by atoms with Gasteiger partial charge in [-0.3, -0.25) is 4.72 Å². The number of benzene rings is 1. The highest BCUT2D eigenvalue weighted by molar-refractivity contribution is 7.92. The van der Waals surface area contributed by atoms with E-state index in [4.69, 9.17) is 4.74 Å². The topological polar surface area (TPSA) is 55.4 Å². The van der Waals surface area contributed by atoms with E-state index in [1.807, 2.05) is 32.9 Å². The van der Waals surface area contributed by atoms with E-state index in [1.54, 1.807) is 0 Å². The van der Waals surface area contributed by atoms with Crippen molar-refractivity contribution < 1.29 is 13.2 Å². The summed E-state index contributed by atoms with van der Waals surface area (Å²) in [4.78, 5) is 0. The summed E-state index contributed by atoms with van der Waals surface area (Å²) in [5, 5.41) is 0. The number of rotatable bonds is 6. The molecule has 0 aromatic heterocycles. The molecule has 0 aliphatic rings. The fourth-order valence-corrected chi connectivity index (χ4v) is 3.10. The lowest BCUT2D eigenvalue weighted by Crippen LogP contribution is -2.17. The molecule has 0 unspecified atom stereocenters. The van der Waals surface area contributed by atoms with E-state index in [0.29, 0.717) is 17.9 Å². The smallest absolute Gasteiger partial charge is 0.232 e. The Kier molecular flexibility index (Phi) is 5.02. The van der Waals surface area contributed by atoms with Crippen LogP contribution >= 0.6 is 0 Å². The van der Waals surface area contributed by atoms with Gasteiger partial charge in [-0.05, 0) is 37.5 Å². The van der Waals surface area contributed by atoms with Gasteiger partial charge in [0.15, 0.2) is 0 Å². The van der Waals surface area contributed by atoms with Crippen molar-refractivity contribution in [1.82, 2.24) is 0 Å². The molecule has 0 saturated carbocycles. The molecule has 1 rings (SSSR count). The molecule has 0 heterocycles. The van der Waals surface area contributed by atoms with Crippen molar-refractivity contribution in [2.75, 3.05) is 17.6 Å². The van der Waals surface area contributed by atoms with Gasteiger partial charge in [0.05, 0.1) is 18.6 Å². The van der Waals surface area contributed by atoms with Crippen LogP contribution in [-0.4, -0.2) is 21.3 Å². The summed E-state index contributed by atoms with van der Waals surface area (Å²) in [6.45, 7) is 5.78. The Morgan fingerprint density at radius 3 is 2.50 bits per heavy atom. The summed E-state index contributed by atoms with van der Waals surface area (Å²) < 4.78 is 31.6. The van der Waals surface area contributed by atoms with E-state index in [0.717, 1.165) is 17.5 Å². The second-order valence-electron chi connectivity index (χ2n) is 4.43. The molecular weight excluding hydrogens is 250 g/mol. The summed E-state index contributed by atoms with van der Waals surface area (Å²) in [5.74, 6) is 0.701. The second kappa shape index (κ2) is 6.09. The van der Waals surface area contributed by atoms with Crippen LogP contribution in [0.3, 0.4) is 0 Å². The van der Waals surface area contributed by atoms with Crippen molar-refractivity contribution in [2.45, 2.75) is 33.6 Å². The Morgan fingerprint density at radius 1 is 1.28 bits per heavy atom. The molecule has 0 fully saturated rings. The fraction of sp³-hybridized carbons (Fsp3) is 0.538. The summed E-state index contributed by atoms with van der Waals surface area (Å²) >= 11 is 0. The van der Waals surface area contributed by atoms with Crippen molar-refractivity contribution in [3.8, 4) is 5.75 Å². The first-order chi connectivity index (χ1) is 8.39. The normalized spacial score (nSPS) is 11.3. The zero-order valence-corrected chi connectivity index (χ0v) is 12.2. The quantitative estimate of drug-likeness (QED) is 0.865. The summed E-state index contributed by atoms with van der Waals surface area (Å²) in [7, 11) is -1.75. The summed E-state index contributed by atoms with van der Waals surface area (Å²) in [5.41, 5.74) is 2.45. The van der Waals surface area contributed by atoms with Crippen molar-refractivity contribution in [1.29, 1.82) is 0 Å². The molecule has 0 bridgehead atoms. The minimum atomic E-state index is -3.29. The van der Waals surface area contributed by atoms with Crippen LogP contribution in [0.2, 0.25) is 0 Å². The van der Waals surface area contributed by atoms with Gasteiger partial charge in [-0.1, -0.05) is 19.4 Å². The van der Waals surface area contributed by atoms with Crippen LogP contribution in [0.1, 0.15) is 30.9 Å². The zero-order chi connectivity index (χ0) is 13.8. The van der Waals surface area contributed by atoms with Crippen LogP contribution in [0.25, 0.3) is 0 Å². The molecule has 5 heteroatoms. The summed E-state index contributed by atoms with van der Waals surface area (Å²) in [6.07, 6.45) is 1.51. The molecule has 1 N–H and O–H groups in total. The molecule has 0 aliphatic carbocycles. The van der Waals surface area contributed by atoms with E-state index < -0.39 is 10.0 Å². The number of hydrogen-bond acceptors (Lipinski definition) is 3. The van der Waals surface area contributed by atoms with Gasteiger partial charge in [0.1, 0.15) is 5.75 Å². The molecule has 18 heavy (non-hydrogen) atoms. The molecule has 0 amide bonds. The van der Waals surface area contributed by atoms with E-state index in [-0.39, 0.29) is 5.75 Å². The van der Waals surface area contributed by atoms with Crippen LogP contribution in [0.4, 0.5) is 5.69 Å². The first-order valence-corrected chi connectivity index (χ1v) is 7.70. The van der Waals surface area contributed by atoms with Crippen LogP contribution in [0.15, 0.2) is 12.1 Å². The molecule has 0 spiro atoms. The van der Waals surface area contributed by atoms with Crippen LogP contribution in [-0.2, 0) is 10.0 Å². The molecule has 1 aromatic carbocycles. The summed E-state index contributed by atoms with van der Waals surface area (Å²) in [6, 6.07) is 3.75. The number of ether oxygens (including phenoxy) is 1. The molecule has 102 valence electrons. The molecular formula is C13H21NO3S. The highest BCUT2D eigenvalue weighted by Crippen LogP contribution is 2.30. The first-order valence-electron chi connectivity index (χ1n) is 6.05. The number of nitrogens with one attached hydrogen (secondary N) is 1. The number of anilines is 1. The molecule has 0 radical (unpaired) electrons. The number of methoxy groups -OCH3 is 1. The Hall–Kier alpha value is -1.23. The lowest BCUT2D eigenvalue weighted by molar-refractivity contribution is 0.416. The van der Waals surface area contributed by atoms with Gasteiger partial charge in [0.2, 0.25) is 10.0 Å². The van der Waals surface area contributed by atoms with Crippen molar-refractivity contribution in [3.63, 3.8) is 0 Å². The zero-order valence-electron chi connectivity index (χ0n) is 11.4. The van der Waals surface area contributed by atoms with Crippen LogP contribution < -0.4 is 9.46 Å². The monoisotopic (exact) mass is 271 g/mol. The lowest BCUT2D eigenvalue weighted by Gasteiger charge is -2.15. The minimum Gasteiger partial charge on any atom is -0.495 e. The highest BCUT2D eigenvalue weighted by atomic mass is 32.2. The van der Waals surface area contributed by atoms with Crippen LogP contribution in [0, 0.1) is 13.8 Å². The maximum atomic E-state index is 11.9. The highest BCUT2D eigenvalue weighted by Gasteiger charge is 2.15. The van der Waals surface area contributed by atoms with E-state index >= 15 is 0 Å². The van der Waals surface area contributed by atoms with Gasteiger partial charge in [-0.2, -0.15) is 0 Å². The first kappa shape index (κ1) is 14.8. The average molecular weight is 271 g/mol. The maximum absolute atomic E-state index is 11.9. The Bertz CT molecular complexity index is 509. The van der Waals surface area contributed by atoms with Crippen molar-refractivity contribution in [2.24, 2.45) is 0 Å². The van der Waals surface area contributed by atoms with Gasteiger partial charge in [-0.15, -0.1) is 0 Å². The fourth-order valence-electron chi connectivity index (χ4n) is 1.76. The number of sulfonamides is 1. The predicted octanol–water partition coefficient (Wildman–Crippen LogP) is 2.85. The van der Waals surface area contributed by atoms with E-state index in [1.165, 1.54) is 7.11 Å². The molecule has 0 aliphatic heterocycles. The Labute approximate surface area is 109 Å². The largest absolute Gasteiger partial charge is 0.495 e. The number of hydrogen-bond donors (Lipinski definition) is 1. The van der Waals surface area contributed by atoms with Gasteiger partial charge in [0.25, 0.3) is 0 Å². The number of unbranched alkanes of at least 4 members (excludes halogenated alkanes) is 1. The standard InChI is InChI=1S/C13H21NO3S/c1-5-6-7-18(15,16)14-13-11(3)8-10(2)9-12(13)17-4/h8-9,14H,5-7H2,1-4H3. The van der Waals surface area contributed by atoms with Crippen LogP contribution in [0.5, 0.6) is 5.75 Å². The van der Waals surface area contributed by atoms with Gasteiger partial charge >= 0.3 is 0 Å². The molecule has 0 saturated heterocycles. The van der Waals surface area contributed by atoms with Gasteiger partial charge in [0, 0.05) is 0 Å². The number of aryl methyl sites for hydroxylation is 2. The van der Waals surface area contributed by atoms with E-state index in [2.05, 4.69) is 4.72 Å². The van der Waals surface area contributed by atoms with Gasteiger partial charge < -0.3 is 4.74 Å². The third-order valence-electron chi connectivity index (χ3n) is 2.69. The van der Waals surface area contributed by atoms with Gasteiger partial charge in [-0.25, -0.2) is 8.42 Å². The third kappa shape index (κ3) is 3.91.